The van der Waals surface area contributed by atoms with Crippen LogP contribution in [0.1, 0.15) is 24.4 Å². The second-order valence-corrected chi connectivity index (χ2v) is 8.65. The maximum Gasteiger partial charge on any atom is 0.573 e. The lowest BCUT2D eigenvalue weighted by Crippen LogP contribution is -2.34. The van der Waals surface area contributed by atoms with Crippen molar-refractivity contribution in [3.05, 3.63) is 54.1 Å². The maximum absolute atomic E-state index is 12.4. The summed E-state index contributed by atoms with van der Waals surface area (Å²) >= 11 is 0. The van der Waals surface area contributed by atoms with Crippen molar-refractivity contribution in [2.45, 2.75) is 30.1 Å². The van der Waals surface area contributed by atoms with Crippen LogP contribution < -0.4 is 14.2 Å². The van der Waals surface area contributed by atoms with Gasteiger partial charge in [0.1, 0.15) is 11.5 Å². The second kappa shape index (κ2) is 9.23. The van der Waals surface area contributed by atoms with Crippen LogP contribution in [0.4, 0.5) is 13.2 Å². The summed E-state index contributed by atoms with van der Waals surface area (Å²) in [6.07, 6.45) is -2.82. The predicted molar refractivity (Wildman–Crippen MR) is 105 cm³/mol. The van der Waals surface area contributed by atoms with E-state index in [1.54, 1.807) is 7.11 Å². The third kappa shape index (κ3) is 5.87. The summed E-state index contributed by atoms with van der Waals surface area (Å²) in [4.78, 5) is 2.09. The van der Waals surface area contributed by atoms with Crippen molar-refractivity contribution in [2.24, 2.45) is 0 Å². The van der Waals surface area contributed by atoms with Gasteiger partial charge in [0.15, 0.2) is 0 Å². The molecule has 30 heavy (non-hydrogen) atoms. The van der Waals surface area contributed by atoms with Gasteiger partial charge in [-0.05, 0) is 61.3 Å². The van der Waals surface area contributed by atoms with Gasteiger partial charge in [-0.25, -0.2) is 13.1 Å². The van der Waals surface area contributed by atoms with Crippen molar-refractivity contribution in [3.63, 3.8) is 0 Å². The van der Waals surface area contributed by atoms with E-state index < -0.39 is 22.1 Å². The minimum atomic E-state index is -4.82. The molecule has 3 rings (SSSR count). The van der Waals surface area contributed by atoms with E-state index >= 15 is 0 Å². The van der Waals surface area contributed by atoms with Crippen molar-refractivity contribution < 1.29 is 31.1 Å². The molecular formula is C20H23F3N2O4S. The molecule has 2 aromatic carbocycles. The minimum absolute atomic E-state index is 0.120. The predicted octanol–water partition coefficient (Wildman–Crippen LogP) is 3.71. The Morgan fingerprint density at radius 3 is 2.30 bits per heavy atom. The fourth-order valence-corrected chi connectivity index (χ4v) is 4.55. The van der Waals surface area contributed by atoms with E-state index in [1.165, 1.54) is 0 Å². The highest BCUT2D eigenvalue weighted by atomic mass is 32.2. The first kappa shape index (κ1) is 22.4. The van der Waals surface area contributed by atoms with Crippen LogP contribution >= 0.6 is 0 Å². The number of hydrogen-bond donors (Lipinski definition) is 1. The van der Waals surface area contributed by atoms with E-state index in [9.17, 15) is 21.6 Å². The van der Waals surface area contributed by atoms with E-state index in [0.717, 1.165) is 55.0 Å². The van der Waals surface area contributed by atoms with E-state index in [-0.39, 0.29) is 17.5 Å². The van der Waals surface area contributed by atoms with Crippen LogP contribution in [0.15, 0.2) is 53.4 Å². The molecule has 6 nitrogen and oxygen atoms in total. The number of alkyl halides is 3. The fourth-order valence-electron chi connectivity index (χ4n) is 3.52. The minimum Gasteiger partial charge on any atom is -0.497 e. The van der Waals surface area contributed by atoms with Gasteiger partial charge in [-0.15, -0.1) is 13.2 Å². The van der Waals surface area contributed by atoms with Crippen molar-refractivity contribution >= 4 is 10.0 Å². The molecule has 1 aliphatic heterocycles. The fraction of sp³-hybridized carbons (Fsp3) is 0.400. The lowest BCUT2D eigenvalue weighted by atomic mass is 10.0. The Kier molecular flexibility index (Phi) is 6.89. The number of methoxy groups -OCH3 is 1. The first-order valence-corrected chi connectivity index (χ1v) is 10.9. The highest BCUT2D eigenvalue weighted by Crippen LogP contribution is 2.32. The summed E-state index contributed by atoms with van der Waals surface area (Å²) in [7, 11) is -2.22. The molecule has 0 amide bonds. The molecule has 1 heterocycles. The van der Waals surface area contributed by atoms with Gasteiger partial charge in [0.2, 0.25) is 10.0 Å². The SMILES string of the molecule is COc1ccc(C2CCCN2CCNS(=O)(=O)c2ccc(OC(F)(F)F)cc2)cc1. The molecule has 0 radical (unpaired) electrons. The Morgan fingerprint density at radius 1 is 1.07 bits per heavy atom. The van der Waals surface area contributed by atoms with Gasteiger partial charge in [-0.2, -0.15) is 0 Å². The number of hydrogen-bond acceptors (Lipinski definition) is 5. The molecule has 2 aromatic rings. The Hall–Kier alpha value is -2.30. The zero-order valence-electron chi connectivity index (χ0n) is 16.4. The van der Waals surface area contributed by atoms with Gasteiger partial charge in [0.05, 0.1) is 12.0 Å². The largest absolute Gasteiger partial charge is 0.573 e. The highest BCUT2D eigenvalue weighted by molar-refractivity contribution is 7.89. The quantitative estimate of drug-likeness (QED) is 0.673. The molecule has 0 saturated carbocycles. The Balaban J connectivity index is 1.56. The standard InChI is InChI=1S/C20H23F3N2O4S/c1-28-16-6-4-15(5-7-16)19-3-2-13-25(19)14-12-24-30(26,27)18-10-8-17(9-11-18)29-20(21,22)23/h4-11,19,24H,2-3,12-14H2,1H3. The molecule has 0 bridgehead atoms. The summed E-state index contributed by atoms with van der Waals surface area (Å²) in [5.41, 5.74) is 1.15. The monoisotopic (exact) mass is 444 g/mol. The molecule has 0 aromatic heterocycles. The van der Waals surface area contributed by atoms with Gasteiger partial charge in [-0.1, -0.05) is 12.1 Å². The normalized spacial score (nSPS) is 17.8. The third-order valence-electron chi connectivity index (χ3n) is 4.92. The second-order valence-electron chi connectivity index (χ2n) is 6.88. The van der Waals surface area contributed by atoms with Crippen LogP contribution in [0.25, 0.3) is 0 Å². The van der Waals surface area contributed by atoms with E-state index in [1.807, 2.05) is 24.3 Å². The van der Waals surface area contributed by atoms with Gasteiger partial charge in [0, 0.05) is 19.1 Å². The van der Waals surface area contributed by atoms with Gasteiger partial charge in [-0.3, -0.25) is 4.90 Å². The van der Waals surface area contributed by atoms with E-state index in [4.69, 9.17) is 4.74 Å². The van der Waals surface area contributed by atoms with Crippen molar-refractivity contribution in [3.8, 4) is 11.5 Å². The van der Waals surface area contributed by atoms with Crippen LogP contribution in [-0.4, -0.2) is 46.4 Å². The number of likely N-dealkylation sites (tertiary alicyclic amines) is 1. The molecule has 1 atom stereocenters. The van der Waals surface area contributed by atoms with Crippen LogP contribution in [0, 0.1) is 0 Å². The lowest BCUT2D eigenvalue weighted by molar-refractivity contribution is -0.274. The summed E-state index contributed by atoms with van der Waals surface area (Å²) in [5, 5.41) is 0. The lowest BCUT2D eigenvalue weighted by Gasteiger charge is -2.25. The van der Waals surface area contributed by atoms with Gasteiger partial charge >= 0.3 is 6.36 Å². The highest BCUT2D eigenvalue weighted by Gasteiger charge is 2.31. The zero-order valence-corrected chi connectivity index (χ0v) is 17.2. The zero-order chi connectivity index (χ0) is 21.8. The molecule has 164 valence electrons. The number of sulfonamides is 1. The Labute approximate surface area is 173 Å². The number of nitrogens with one attached hydrogen (secondary N) is 1. The number of halogens is 3. The summed E-state index contributed by atoms with van der Waals surface area (Å²) in [5.74, 6) is 0.309. The van der Waals surface area contributed by atoms with Crippen molar-refractivity contribution in [1.82, 2.24) is 9.62 Å². The van der Waals surface area contributed by atoms with Gasteiger partial charge in [0.25, 0.3) is 0 Å². The molecule has 1 aliphatic rings. The van der Waals surface area contributed by atoms with Gasteiger partial charge < -0.3 is 9.47 Å². The number of ether oxygens (including phenoxy) is 2. The molecule has 1 N–H and O–H groups in total. The van der Waals surface area contributed by atoms with Crippen LogP contribution in [-0.2, 0) is 10.0 Å². The third-order valence-corrected chi connectivity index (χ3v) is 6.40. The summed E-state index contributed by atoms with van der Waals surface area (Å²) in [6.45, 7) is 1.57. The molecule has 10 heteroatoms. The van der Waals surface area contributed by atoms with Crippen LogP contribution in [0.2, 0.25) is 0 Å². The van der Waals surface area contributed by atoms with Crippen LogP contribution in [0.3, 0.4) is 0 Å². The Morgan fingerprint density at radius 2 is 1.70 bits per heavy atom. The van der Waals surface area contributed by atoms with Crippen LogP contribution in [0.5, 0.6) is 11.5 Å². The first-order valence-electron chi connectivity index (χ1n) is 9.41. The topological polar surface area (TPSA) is 67.9 Å². The Bertz CT molecular complexity index is 932. The summed E-state index contributed by atoms with van der Waals surface area (Å²) in [6, 6.07) is 12.1. The summed E-state index contributed by atoms with van der Waals surface area (Å²) < 4.78 is 72.9. The molecule has 0 aliphatic carbocycles. The van der Waals surface area contributed by atoms with Crippen molar-refractivity contribution in [1.29, 1.82) is 0 Å². The first-order chi connectivity index (χ1) is 14.2. The molecule has 0 spiro atoms. The molecular weight excluding hydrogens is 421 g/mol. The number of benzene rings is 2. The van der Waals surface area contributed by atoms with E-state index in [0.29, 0.717) is 6.54 Å². The average Bonchev–Trinajstić information content (AvgIpc) is 3.15. The smallest absolute Gasteiger partial charge is 0.497 e. The van der Waals surface area contributed by atoms with E-state index in [2.05, 4.69) is 14.4 Å². The molecule has 1 fully saturated rings. The molecule has 1 saturated heterocycles. The number of nitrogens with zero attached hydrogens (tertiary/aromatic N) is 1. The van der Waals surface area contributed by atoms with Crippen molar-refractivity contribution in [2.75, 3.05) is 26.7 Å². The number of rotatable bonds is 8. The maximum atomic E-state index is 12.4. The molecule has 1 unspecified atom stereocenters. The average molecular weight is 444 g/mol.